The van der Waals surface area contributed by atoms with Gasteiger partial charge in [-0.05, 0) is 31.4 Å². The van der Waals surface area contributed by atoms with E-state index in [2.05, 4.69) is 0 Å². The van der Waals surface area contributed by atoms with Gasteiger partial charge in [0.15, 0.2) is 0 Å². The minimum Gasteiger partial charge on any atom is -0.392 e. The molecule has 1 atom stereocenters. The third kappa shape index (κ3) is 6.31. The third-order valence-electron chi connectivity index (χ3n) is 2.52. The highest BCUT2D eigenvalue weighted by Gasteiger charge is 2.26. The molecule has 0 heterocycles. The van der Waals surface area contributed by atoms with Crippen molar-refractivity contribution in [3.8, 4) is 0 Å². The van der Waals surface area contributed by atoms with Crippen LogP contribution in [0.2, 0.25) is 0 Å². The first-order valence-electron chi connectivity index (χ1n) is 5.82. The topological polar surface area (TPSA) is 20.2 Å². The van der Waals surface area contributed by atoms with E-state index < -0.39 is 18.7 Å². The summed E-state index contributed by atoms with van der Waals surface area (Å²) in [6.45, 7) is 1.97. The van der Waals surface area contributed by atoms with Gasteiger partial charge in [-0.25, -0.2) is 0 Å². The van der Waals surface area contributed by atoms with Crippen LogP contribution in [0.15, 0.2) is 29.2 Å². The fraction of sp³-hybridized carbons (Fsp3) is 0.538. The Morgan fingerprint density at radius 3 is 2.56 bits per heavy atom. The van der Waals surface area contributed by atoms with Crippen LogP contribution in [0, 0.1) is 6.92 Å². The molecule has 1 unspecified atom stereocenters. The van der Waals surface area contributed by atoms with Crippen molar-refractivity contribution in [2.45, 2.75) is 43.4 Å². The van der Waals surface area contributed by atoms with Crippen LogP contribution in [0.3, 0.4) is 0 Å². The number of hydrogen-bond donors (Lipinski definition) is 1. The van der Waals surface area contributed by atoms with Crippen LogP contribution < -0.4 is 0 Å². The molecule has 1 aromatic rings. The van der Waals surface area contributed by atoms with Gasteiger partial charge in [-0.2, -0.15) is 13.2 Å². The number of halogens is 3. The summed E-state index contributed by atoms with van der Waals surface area (Å²) in [5, 5.41) is 9.61. The number of aliphatic hydroxyl groups is 1. The minimum absolute atomic E-state index is 0.0149. The van der Waals surface area contributed by atoms with Gasteiger partial charge < -0.3 is 5.11 Å². The van der Waals surface area contributed by atoms with Crippen molar-refractivity contribution in [3.05, 3.63) is 29.8 Å². The Balaban J connectivity index is 2.25. The molecule has 1 N–H and O–H groups in total. The normalized spacial score (nSPS) is 13.6. The number of hydrogen-bond acceptors (Lipinski definition) is 2. The van der Waals surface area contributed by atoms with Crippen molar-refractivity contribution in [1.29, 1.82) is 0 Å². The predicted octanol–water partition coefficient (Wildman–Crippen LogP) is 4.18. The van der Waals surface area contributed by atoms with E-state index in [1.165, 1.54) is 11.8 Å². The molecule has 1 nitrogen and oxygen atoms in total. The van der Waals surface area contributed by atoms with Gasteiger partial charge in [0.1, 0.15) is 0 Å². The van der Waals surface area contributed by atoms with Crippen LogP contribution in [0.1, 0.15) is 24.8 Å². The lowest BCUT2D eigenvalue weighted by atomic mass is 10.2. The lowest BCUT2D eigenvalue weighted by Crippen LogP contribution is -2.13. The van der Waals surface area contributed by atoms with E-state index in [9.17, 15) is 18.3 Å². The SMILES string of the molecule is Cc1ccccc1SCC(O)CCCC(F)(F)F. The Morgan fingerprint density at radius 2 is 1.94 bits per heavy atom. The minimum atomic E-state index is -4.12. The van der Waals surface area contributed by atoms with Crippen LogP contribution in [-0.4, -0.2) is 23.1 Å². The maximum atomic E-state index is 11.9. The lowest BCUT2D eigenvalue weighted by molar-refractivity contribution is -0.136. The summed E-state index contributed by atoms with van der Waals surface area (Å²) < 4.78 is 35.8. The molecule has 0 saturated carbocycles. The number of aryl methyl sites for hydroxylation is 1. The summed E-state index contributed by atoms with van der Waals surface area (Å²) in [5.74, 6) is 0.433. The Hall–Kier alpha value is -0.680. The summed E-state index contributed by atoms with van der Waals surface area (Å²) in [6.07, 6.45) is -5.45. The summed E-state index contributed by atoms with van der Waals surface area (Å²) >= 11 is 1.48. The summed E-state index contributed by atoms with van der Waals surface area (Å²) in [7, 11) is 0. The van der Waals surface area contributed by atoms with Crippen LogP contribution in [0.25, 0.3) is 0 Å². The molecule has 0 fully saturated rings. The lowest BCUT2D eigenvalue weighted by Gasteiger charge is -2.12. The molecule has 0 amide bonds. The second-order valence-corrected chi connectivity index (χ2v) is 5.30. The molecule has 5 heteroatoms. The van der Waals surface area contributed by atoms with Crippen molar-refractivity contribution in [2.75, 3.05) is 5.75 Å². The second-order valence-electron chi connectivity index (χ2n) is 4.24. The maximum absolute atomic E-state index is 11.9. The number of thioether (sulfide) groups is 1. The van der Waals surface area contributed by atoms with Crippen LogP contribution >= 0.6 is 11.8 Å². The Labute approximate surface area is 109 Å². The zero-order valence-corrected chi connectivity index (χ0v) is 11.0. The molecule has 0 aliphatic heterocycles. The van der Waals surface area contributed by atoms with Crippen LogP contribution in [0.5, 0.6) is 0 Å². The standard InChI is InChI=1S/C13H17F3OS/c1-10-5-2-3-7-12(10)18-9-11(17)6-4-8-13(14,15)16/h2-3,5,7,11,17H,4,6,8-9H2,1H3. The Bertz CT molecular complexity index is 365. The molecule has 0 aliphatic rings. The fourth-order valence-electron chi connectivity index (χ4n) is 1.53. The van der Waals surface area contributed by atoms with Crippen molar-refractivity contribution in [2.24, 2.45) is 0 Å². The molecular formula is C13H17F3OS. The molecule has 0 bridgehead atoms. The van der Waals surface area contributed by atoms with Gasteiger partial charge >= 0.3 is 6.18 Å². The van der Waals surface area contributed by atoms with Gasteiger partial charge in [0.05, 0.1) is 6.10 Å². The fourth-order valence-corrected chi connectivity index (χ4v) is 2.53. The molecule has 102 valence electrons. The van der Waals surface area contributed by atoms with E-state index in [4.69, 9.17) is 0 Å². The zero-order chi connectivity index (χ0) is 13.6. The molecule has 0 aromatic heterocycles. The number of rotatable bonds is 6. The van der Waals surface area contributed by atoms with E-state index >= 15 is 0 Å². The van der Waals surface area contributed by atoms with Gasteiger partial charge in [0.25, 0.3) is 0 Å². The Morgan fingerprint density at radius 1 is 1.28 bits per heavy atom. The van der Waals surface area contributed by atoms with Gasteiger partial charge in [-0.15, -0.1) is 11.8 Å². The predicted molar refractivity (Wildman–Crippen MR) is 67.8 cm³/mol. The molecule has 0 aliphatic carbocycles. The van der Waals surface area contributed by atoms with E-state index in [-0.39, 0.29) is 12.8 Å². The van der Waals surface area contributed by atoms with Crippen LogP contribution in [0.4, 0.5) is 13.2 Å². The average molecular weight is 278 g/mol. The highest BCUT2D eigenvalue weighted by atomic mass is 32.2. The summed E-state index contributed by atoms with van der Waals surface area (Å²) in [5.41, 5.74) is 1.12. The Kier molecular flexibility index (Phi) is 6.02. The first-order valence-corrected chi connectivity index (χ1v) is 6.80. The molecule has 0 saturated heterocycles. The number of alkyl halides is 3. The highest BCUT2D eigenvalue weighted by Crippen LogP contribution is 2.25. The number of benzene rings is 1. The van der Waals surface area contributed by atoms with Gasteiger partial charge in [0.2, 0.25) is 0 Å². The molecule has 1 rings (SSSR count). The monoisotopic (exact) mass is 278 g/mol. The quantitative estimate of drug-likeness (QED) is 0.788. The van der Waals surface area contributed by atoms with Crippen molar-refractivity contribution in [3.63, 3.8) is 0 Å². The summed E-state index contributed by atoms with van der Waals surface area (Å²) in [6, 6.07) is 7.76. The largest absolute Gasteiger partial charge is 0.392 e. The molecule has 18 heavy (non-hydrogen) atoms. The molecular weight excluding hydrogens is 261 g/mol. The third-order valence-corrected chi connectivity index (χ3v) is 3.84. The van der Waals surface area contributed by atoms with E-state index in [1.807, 2.05) is 31.2 Å². The van der Waals surface area contributed by atoms with Gasteiger partial charge in [-0.3, -0.25) is 0 Å². The van der Waals surface area contributed by atoms with Gasteiger partial charge in [-0.1, -0.05) is 18.2 Å². The molecule has 0 spiro atoms. The smallest absolute Gasteiger partial charge is 0.389 e. The maximum Gasteiger partial charge on any atom is 0.389 e. The first-order chi connectivity index (χ1) is 8.38. The summed E-state index contributed by atoms with van der Waals surface area (Å²) in [4.78, 5) is 1.06. The zero-order valence-electron chi connectivity index (χ0n) is 10.2. The van der Waals surface area contributed by atoms with Crippen molar-refractivity contribution < 1.29 is 18.3 Å². The highest BCUT2D eigenvalue weighted by molar-refractivity contribution is 7.99. The average Bonchev–Trinajstić information content (AvgIpc) is 2.26. The van der Waals surface area contributed by atoms with Gasteiger partial charge in [0, 0.05) is 17.1 Å². The van der Waals surface area contributed by atoms with Crippen molar-refractivity contribution in [1.82, 2.24) is 0 Å². The first kappa shape index (κ1) is 15.4. The van der Waals surface area contributed by atoms with Crippen molar-refractivity contribution >= 4 is 11.8 Å². The van der Waals surface area contributed by atoms with E-state index in [0.29, 0.717) is 5.75 Å². The molecule has 1 aromatic carbocycles. The van der Waals surface area contributed by atoms with Crippen LogP contribution in [-0.2, 0) is 0 Å². The number of aliphatic hydroxyl groups excluding tert-OH is 1. The van der Waals surface area contributed by atoms with E-state index in [1.54, 1.807) is 0 Å². The van der Waals surface area contributed by atoms with E-state index in [0.717, 1.165) is 10.5 Å². The second kappa shape index (κ2) is 7.04. The molecule has 0 radical (unpaired) electrons.